The summed E-state index contributed by atoms with van der Waals surface area (Å²) < 4.78 is 5.42. The number of aromatic nitrogens is 2. The minimum atomic E-state index is -0.0963. The molecule has 0 saturated carbocycles. The Morgan fingerprint density at radius 2 is 1.55 bits per heavy atom. The maximum Gasteiger partial charge on any atom is 0.229 e. The van der Waals surface area contributed by atoms with Gasteiger partial charge in [-0.1, -0.05) is 0 Å². The van der Waals surface area contributed by atoms with Gasteiger partial charge in [-0.3, -0.25) is 4.79 Å². The lowest BCUT2D eigenvalue weighted by Crippen LogP contribution is -2.36. The van der Waals surface area contributed by atoms with Gasteiger partial charge in [0.2, 0.25) is 11.9 Å². The Morgan fingerprint density at radius 1 is 0.935 bits per heavy atom. The number of aryl methyl sites for hydroxylation is 1. The number of nitrogens with one attached hydrogen (secondary N) is 3. The number of amides is 1. The van der Waals surface area contributed by atoms with Crippen LogP contribution in [-0.4, -0.2) is 42.2 Å². The molecular weight excluding hydrogens is 392 g/mol. The van der Waals surface area contributed by atoms with Gasteiger partial charge in [0.05, 0.1) is 13.2 Å². The highest BCUT2D eigenvalue weighted by molar-refractivity contribution is 5.88. The minimum Gasteiger partial charge on any atom is -0.378 e. The Bertz CT molecular complexity index is 1030. The molecule has 1 fully saturated rings. The first-order valence-corrected chi connectivity index (χ1v) is 10.2. The van der Waals surface area contributed by atoms with Crippen LogP contribution in [0.25, 0.3) is 0 Å². The van der Waals surface area contributed by atoms with Crippen LogP contribution < -0.4 is 20.9 Å². The SMILES string of the molecule is CC(=O)Nc1ccc(Nc2nc(Nc3ccc(N4CCOCC4)cc3)ncc2C)cc1. The fourth-order valence-corrected chi connectivity index (χ4v) is 3.31. The maximum absolute atomic E-state index is 11.2. The Kier molecular flexibility index (Phi) is 6.28. The van der Waals surface area contributed by atoms with E-state index in [2.05, 4.69) is 43.0 Å². The molecule has 2 heterocycles. The molecule has 3 N–H and O–H groups in total. The third kappa shape index (κ3) is 5.49. The molecule has 1 aromatic heterocycles. The number of carbonyl (C=O) groups is 1. The largest absolute Gasteiger partial charge is 0.378 e. The van der Waals surface area contributed by atoms with E-state index in [0.29, 0.717) is 5.95 Å². The molecular formula is C23H26N6O2. The van der Waals surface area contributed by atoms with Crippen molar-refractivity contribution in [3.63, 3.8) is 0 Å². The highest BCUT2D eigenvalue weighted by Gasteiger charge is 2.11. The summed E-state index contributed by atoms with van der Waals surface area (Å²) in [6.07, 6.45) is 1.78. The van der Waals surface area contributed by atoms with E-state index in [1.165, 1.54) is 12.6 Å². The number of benzene rings is 2. The average Bonchev–Trinajstić information content (AvgIpc) is 2.78. The van der Waals surface area contributed by atoms with Crippen LogP contribution in [0.2, 0.25) is 0 Å². The summed E-state index contributed by atoms with van der Waals surface area (Å²) in [5, 5.41) is 9.33. The number of carbonyl (C=O) groups excluding carboxylic acids is 1. The van der Waals surface area contributed by atoms with Crippen LogP contribution in [0.1, 0.15) is 12.5 Å². The predicted molar refractivity (Wildman–Crippen MR) is 124 cm³/mol. The summed E-state index contributed by atoms with van der Waals surface area (Å²) in [5.41, 5.74) is 4.66. The zero-order chi connectivity index (χ0) is 21.6. The summed E-state index contributed by atoms with van der Waals surface area (Å²) in [6, 6.07) is 15.7. The molecule has 4 rings (SSSR count). The van der Waals surface area contributed by atoms with Crippen LogP contribution in [0.5, 0.6) is 0 Å². The monoisotopic (exact) mass is 418 g/mol. The highest BCUT2D eigenvalue weighted by Crippen LogP contribution is 2.24. The van der Waals surface area contributed by atoms with Crippen molar-refractivity contribution in [3.8, 4) is 0 Å². The van der Waals surface area contributed by atoms with E-state index >= 15 is 0 Å². The Hall–Kier alpha value is -3.65. The van der Waals surface area contributed by atoms with Crippen LogP contribution in [0.3, 0.4) is 0 Å². The van der Waals surface area contributed by atoms with Gasteiger partial charge in [-0.2, -0.15) is 4.98 Å². The Morgan fingerprint density at radius 3 is 2.23 bits per heavy atom. The van der Waals surface area contributed by atoms with Gasteiger partial charge in [-0.05, 0) is 55.5 Å². The van der Waals surface area contributed by atoms with E-state index < -0.39 is 0 Å². The molecule has 160 valence electrons. The number of rotatable bonds is 6. The number of nitrogens with zero attached hydrogens (tertiary/aromatic N) is 3. The summed E-state index contributed by atoms with van der Waals surface area (Å²) in [7, 11) is 0. The second-order valence-electron chi connectivity index (χ2n) is 7.38. The van der Waals surface area contributed by atoms with Gasteiger partial charge in [0.15, 0.2) is 0 Å². The van der Waals surface area contributed by atoms with E-state index in [4.69, 9.17) is 4.74 Å². The molecule has 2 aromatic carbocycles. The molecule has 3 aromatic rings. The second-order valence-corrected chi connectivity index (χ2v) is 7.38. The lowest BCUT2D eigenvalue weighted by atomic mass is 10.2. The second kappa shape index (κ2) is 9.44. The van der Waals surface area contributed by atoms with Gasteiger partial charge in [-0.25, -0.2) is 4.98 Å². The third-order valence-corrected chi connectivity index (χ3v) is 4.94. The molecule has 8 heteroatoms. The zero-order valence-electron chi connectivity index (χ0n) is 17.7. The average molecular weight is 419 g/mol. The third-order valence-electron chi connectivity index (χ3n) is 4.94. The van der Waals surface area contributed by atoms with Crippen molar-refractivity contribution < 1.29 is 9.53 Å². The van der Waals surface area contributed by atoms with E-state index in [1.807, 2.05) is 43.3 Å². The highest BCUT2D eigenvalue weighted by atomic mass is 16.5. The molecule has 0 aliphatic carbocycles. The standard InChI is InChI=1S/C23H26N6O2/c1-16-15-24-23(27-20-7-9-21(10-8-20)29-11-13-31-14-12-29)28-22(16)26-19-5-3-18(4-6-19)25-17(2)30/h3-10,15H,11-14H2,1-2H3,(H,25,30)(H2,24,26,27,28). The first-order chi connectivity index (χ1) is 15.1. The number of hydrogen-bond acceptors (Lipinski definition) is 7. The molecule has 0 atom stereocenters. The fraction of sp³-hybridized carbons (Fsp3) is 0.261. The maximum atomic E-state index is 11.2. The van der Waals surface area contributed by atoms with Crippen LogP contribution >= 0.6 is 0 Å². The van der Waals surface area contributed by atoms with Crippen molar-refractivity contribution >= 4 is 40.4 Å². The summed E-state index contributed by atoms with van der Waals surface area (Å²) in [5.74, 6) is 1.14. The molecule has 1 amide bonds. The lowest BCUT2D eigenvalue weighted by molar-refractivity contribution is -0.114. The normalized spacial score (nSPS) is 13.5. The molecule has 31 heavy (non-hydrogen) atoms. The quantitative estimate of drug-likeness (QED) is 0.556. The number of anilines is 6. The van der Waals surface area contributed by atoms with Crippen molar-refractivity contribution in [2.75, 3.05) is 47.2 Å². The lowest BCUT2D eigenvalue weighted by Gasteiger charge is -2.28. The minimum absolute atomic E-state index is 0.0963. The Balaban J connectivity index is 1.43. The van der Waals surface area contributed by atoms with Crippen molar-refractivity contribution in [1.29, 1.82) is 0 Å². The topological polar surface area (TPSA) is 91.4 Å². The number of hydrogen-bond donors (Lipinski definition) is 3. The molecule has 1 aliphatic rings. The van der Waals surface area contributed by atoms with Crippen LogP contribution in [-0.2, 0) is 9.53 Å². The van der Waals surface area contributed by atoms with Crippen molar-refractivity contribution in [2.45, 2.75) is 13.8 Å². The van der Waals surface area contributed by atoms with Crippen molar-refractivity contribution in [3.05, 3.63) is 60.3 Å². The molecule has 8 nitrogen and oxygen atoms in total. The number of ether oxygens (including phenoxy) is 1. The molecule has 0 spiro atoms. The Labute approximate surface area is 181 Å². The molecule has 0 bridgehead atoms. The van der Waals surface area contributed by atoms with Crippen molar-refractivity contribution in [1.82, 2.24) is 9.97 Å². The summed E-state index contributed by atoms with van der Waals surface area (Å²) >= 11 is 0. The molecule has 1 saturated heterocycles. The van der Waals surface area contributed by atoms with Crippen LogP contribution in [0, 0.1) is 6.92 Å². The van der Waals surface area contributed by atoms with E-state index in [-0.39, 0.29) is 5.91 Å². The number of morpholine rings is 1. The van der Waals surface area contributed by atoms with E-state index in [9.17, 15) is 4.79 Å². The van der Waals surface area contributed by atoms with Gasteiger partial charge in [0.1, 0.15) is 5.82 Å². The van der Waals surface area contributed by atoms with Crippen LogP contribution in [0.4, 0.5) is 34.5 Å². The van der Waals surface area contributed by atoms with Gasteiger partial charge in [0.25, 0.3) is 0 Å². The van der Waals surface area contributed by atoms with E-state index in [1.54, 1.807) is 6.20 Å². The first-order valence-electron chi connectivity index (χ1n) is 10.2. The summed E-state index contributed by atoms with van der Waals surface area (Å²) in [4.78, 5) is 22.5. The van der Waals surface area contributed by atoms with Crippen molar-refractivity contribution in [2.24, 2.45) is 0 Å². The summed E-state index contributed by atoms with van der Waals surface area (Å²) in [6.45, 7) is 6.80. The predicted octanol–water partition coefficient (Wildman–Crippen LogP) is 4.07. The zero-order valence-corrected chi connectivity index (χ0v) is 17.7. The first kappa shape index (κ1) is 20.6. The molecule has 0 unspecified atom stereocenters. The van der Waals surface area contributed by atoms with Gasteiger partial charge >= 0.3 is 0 Å². The van der Waals surface area contributed by atoms with Gasteiger partial charge in [0, 0.05) is 54.5 Å². The van der Waals surface area contributed by atoms with Gasteiger partial charge < -0.3 is 25.6 Å². The van der Waals surface area contributed by atoms with Gasteiger partial charge in [-0.15, -0.1) is 0 Å². The molecule has 1 aliphatic heterocycles. The van der Waals surface area contributed by atoms with E-state index in [0.717, 1.165) is 54.7 Å². The fourth-order valence-electron chi connectivity index (χ4n) is 3.31. The molecule has 0 radical (unpaired) electrons. The smallest absolute Gasteiger partial charge is 0.229 e. The van der Waals surface area contributed by atoms with Crippen LogP contribution in [0.15, 0.2) is 54.7 Å².